The fourth-order valence-electron chi connectivity index (χ4n) is 4.76. The van der Waals surface area contributed by atoms with Crippen molar-refractivity contribution in [2.75, 3.05) is 12.0 Å². The third kappa shape index (κ3) is 4.98. The second-order valence-electron chi connectivity index (χ2n) is 9.58. The summed E-state index contributed by atoms with van der Waals surface area (Å²) < 4.78 is 12.4. The van der Waals surface area contributed by atoms with Crippen molar-refractivity contribution in [3.63, 3.8) is 0 Å². The first kappa shape index (κ1) is 27.1. The van der Waals surface area contributed by atoms with Gasteiger partial charge in [0.1, 0.15) is 12.2 Å². The Kier molecular flexibility index (Phi) is 7.45. The molecule has 0 bridgehead atoms. The Morgan fingerprint density at radius 2 is 1.70 bits per heavy atom. The zero-order valence-electron chi connectivity index (χ0n) is 22.5. The molecule has 0 unspecified atom stereocenters. The smallest absolute Gasteiger partial charge is 0.335 e. The van der Waals surface area contributed by atoms with Gasteiger partial charge in [-0.3, -0.25) is 14.9 Å². The number of fused-ring (bicyclic) bond motifs is 1. The lowest BCUT2D eigenvalue weighted by Gasteiger charge is -2.28. The Balaban J connectivity index is 1.47. The number of benzene rings is 4. The second-order valence-corrected chi connectivity index (χ2v) is 10.4. The molecule has 0 atom stereocenters. The summed E-state index contributed by atoms with van der Waals surface area (Å²) >= 11 is 3.57. The van der Waals surface area contributed by atoms with E-state index < -0.39 is 17.8 Å². The SMILES string of the molecule is COc1cc(/C=C2\C(=O)NC(=O)N(c3cccc(C)c3C)C2=O)cc(Br)c1OCc1c(C)ccc2ccccc12. The van der Waals surface area contributed by atoms with Gasteiger partial charge in [0, 0.05) is 5.56 Å². The van der Waals surface area contributed by atoms with Crippen molar-refractivity contribution in [2.45, 2.75) is 27.4 Å². The van der Waals surface area contributed by atoms with Gasteiger partial charge in [-0.1, -0.05) is 48.5 Å². The van der Waals surface area contributed by atoms with Gasteiger partial charge in [0.25, 0.3) is 11.8 Å². The molecule has 1 N–H and O–H groups in total. The highest BCUT2D eigenvalue weighted by Gasteiger charge is 2.37. The van der Waals surface area contributed by atoms with Crippen molar-refractivity contribution in [3.05, 3.63) is 105 Å². The molecule has 5 rings (SSSR count). The molecule has 0 aromatic heterocycles. The quantitative estimate of drug-likeness (QED) is 0.195. The fraction of sp³-hybridized carbons (Fsp3) is 0.156. The lowest BCUT2D eigenvalue weighted by atomic mass is 10.0. The maximum Gasteiger partial charge on any atom is 0.335 e. The first-order valence-electron chi connectivity index (χ1n) is 12.6. The average Bonchev–Trinajstić information content (AvgIpc) is 2.93. The van der Waals surface area contributed by atoms with E-state index in [9.17, 15) is 14.4 Å². The first-order chi connectivity index (χ1) is 19.2. The number of nitrogens with one attached hydrogen (secondary N) is 1. The van der Waals surface area contributed by atoms with Gasteiger partial charge >= 0.3 is 6.03 Å². The predicted octanol–water partition coefficient (Wildman–Crippen LogP) is 6.78. The van der Waals surface area contributed by atoms with Gasteiger partial charge in [0.15, 0.2) is 11.5 Å². The lowest BCUT2D eigenvalue weighted by molar-refractivity contribution is -0.122. The van der Waals surface area contributed by atoms with E-state index in [0.29, 0.717) is 33.8 Å². The maximum absolute atomic E-state index is 13.4. The summed E-state index contributed by atoms with van der Waals surface area (Å²) in [6.45, 7) is 6.08. The van der Waals surface area contributed by atoms with Crippen LogP contribution in [-0.2, 0) is 16.2 Å². The van der Waals surface area contributed by atoms with Crippen LogP contribution < -0.4 is 19.7 Å². The van der Waals surface area contributed by atoms with E-state index in [1.165, 1.54) is 13.2 Å². The number of halogens is 1. The molecule has 202 valence electrons. The molecule has 1 fully saturated rings. The summed E-state index contributed by atoms with van der Waals surface area (Å²) in [5.74, 6) is -0.559. The van der Waals surface area contributed by atoms with Gasteiger partial charge in [-0.05, 0) is 94.0 Å². The summed E-state index contributed by atoms with van der Waals surface area (Å²) in [4.78, 5) is 39.8. The molecule has 0 aliphatic carbocycles. The predicted molar refractivity (Wildman–Crippen MR) is 159 cm³/mol. The van der Waals surface area contributed by atoms with Crippen molar-refractivity contribution in [3.8, 4) is 11.5 Å². The Hall–Kier alpha value is -4.43. The highest BCUT2D eigenvalue weighted by atomic mass is 79.9. The van der Waals surface area contributed by atoms with Crippen LogP contribution in [-0.4, -0.2) is 25.0 Å². The van der Waals surface area contributed by atoms with Gasteiger partial charge in [-0.2, -0.15) is 0 Å². The number of amides is 4. The number of barbiturate groups is 1. The second kappa shape index (κ2) is 11.0. The number of aryl methyl sites for hydroxylation is 2. The largest absolute Gasteiger partial charge is 0.493 e. The van der Waals surface area contributed by atoms with Gasteiger partial charge in [-0.15, -0.1) is 0 Å². The van der Waals surface area contributed by atoms with Gasteiger partial charge < -0.3 is 9.47 Å². The molecule has 0 radical (unpaired) electrons. The van der Waals surface area contributed by atoms with Crippen LogP contribution in [0.5, 0.6) is 11.5 Å². The van der Waals surface area contributed by atoms with Crippen molar-refractivity contribution < 1.29 is 23.9 Å². The van der Waals surface area contributed by atoms with Gasteiger partial charge in [0.05, 0.1) is 17.3 Å². The van der Waals surface area contributed by atoms with Crippen molar-refractivity contribution >= 4 is 56.3 Å². The van der Waals surface area contributed by atoms with Gasteiger partial charge in [-0.25, -0.2) is 9.69 Å². The fourth-order valence-corrected chi connectivity index (χ4v) is 5.34. The molecule has 4 amide bonds. The third-order valence-corrected chi connectivity index (χ3v) is 7.71. The lowest BCUT2D eigenvalue weighted by Crippen LogP contribution is -2.54. The molecule has 1 aliphatic heterocycles. The van der Waals surface area contributed by atoms with Crippen LogP contribution in [0.1, 0.15) is 27.8 Å². The molecule has 1 heterocycles. The normalized spacial score (nSPS) is 14.6. The van der Waals surface area contributed by atoms with E-state index in [1.54, 1.807) is 24.3 Å². The van der Waals surface area contributed by atoms with Crippen LogP contribution >= 0.6 is 15.9 Å². The molecule has 1 saturated heterocycles. The first-order valence-corrected chi connectivity index (χ1v) is 13.4. The third-order valence-electron chi connectivity index (χ3n) is 7.12. The maximum atomic E-state index is 13.4. The number of ether oxygens (including phenoxy) is 2. The molecule has 0 saturated carbocycles. The molecule has 8 heteroatoms. The van der Waals surface area contributed by atoms with Crippen LogP contribution in [0.25, 0.3) is 16.8 Å². The van der Waals surface area contributed by atoms with E-state index in [4.69, 9.17) is 9.47 Å². The summed E-state index contributed by atoms with van der Waals surface area (Å²) in [6.07, 6.45) is 1.44. The van der Waals surface area contributed by atoms with Crippen molar-refractivity contribution in [1.29, 1.82) is 0 Å². The van der Waals surface area contributed by atoms with Crippen molar-refractivity contribution in [1.82, 2.24) is 5.32 Å². The average molecular weight is 599 g/mol. The van der Waals surface area contributed by atoms with Crippen LogP contribution in [0, 0.1) is 20.8 Å². The number of hydrogen-bond donors (Lipinski definition) is 1. The zero-order valence-corrected chi connectivity index (χ0v) is 24.1. The number of nitrogens with zero attached hydrogens (tertiary/aromatic N) is 1. The number of urea groups is 1. The molecule has 4 aromatic rings. The van der Waals surface area contributed by atoms with E-state index in [1.807, 2.05) is 39.0 Å². The summed E-state index contributed by atoms with van der Waals surface area (Å²) in [6, 6.07) is 20.3. The number of imide groups is 2. The Morgan fingerprint density at radius 1 is 0.925 bits per heavy atom. The summed E-state index contributed by atoms with van der Waals surface area (Å²) in [5, 5.41) is 4.52. The Bertz CT molecular complexity index is 1730. The Labute approximate surface area is 240 Å². The molecule has 7 nitrogen and oxygen atoms in total. The minimum absolute atomic E-state index is 0.172. The molecule has 0 spiro atoms. The van der Waals surface area contributed by atoms with E-state index in [-0.39, 0.29) is 5.57 Å². The molecular weight excluding hydrogens is 572 g/mol. The standard InChI is InChI=1S/C32H27BrN2O5/c1-18-8-7-11-27(20(18)3)35-31(37)24(30(36)34-32(35)38)14-21-15-26(33)29(28(16-21)39-4)40-17-25-19(2)12-13-22-9-5-6-10-23(22)25/h5-16H,17H2,1-4H3,(H,34,36,38)/b24-14+. The number of methoxy groups -OCH3 is 1. The summed E-state index contributed by atoms with van der Waals surface area (Å²) in [7, 11) is 1.52. The van der Waals surface area contributed by atoms with E-state index in [0.717, 1.165) is 37.9 Å². The van der Waals surface area contributed by atoms with E-state index in [2.05, 4.69) is 45.5 Å². The Morgan fingerprint density at radius 3 is 2.48 bits per heavy atom. The van der Waals surface area contributed by atoms with Gasteiger partial charge in [0.2, 0.25) is 0 Å². The monoisotopic (exact) mass is 598 g/mol. The van der Waals surface area contributed by atoms with Crippen LogP contribution in [0.15, 0.2) is 76.8 Å². The zero-order chi connectivity index (χ0) is 28.6. The van der Waals surface area contributed by atoms with Crippen LogP contribution in [0.3, 0.4) is 0 Å². The molecule has 4 aromatic carbocycles. The molecule has 40 heavy (non-hydrogen) atoms. The number of carbonyl (C=O) groups is 3. The van der Waals surface area contributed by atoms with Crippen LogP contribution in [0.4, 0.5) is 10.5 Å². The number of carbonyl (C=O) groups excluding carboxylic acids is 3. The number of rotatable bonds is 6. The van der Waals surface area contributed by atoms with Crippen molar-refractivity contribution in [2.24, 2.45) is 0 Å². The topological polar surface area (TPSA) is 84.9 Å². The minimum Gasteiger partial charge on any atom is -0.493 e. The van der Waals surface area contributed by atoms with Crippen LogP contribution in [0.2, 0.25) is 0 Å². The minimum atomic E-state index is -0.785. The number of hydrogen-bond acceptors (Lipinski definition) is 5. The highest BCUT2D eigenvalue weighted by molar-refractivity contribution is 9.10. The van der Waals surface area contributed by atoms with E-state index >= 15 is 0 Å². The summed E-state index contributed by atoms with van der Waals surface area (Å²) in [5.41, 5.74) is 4.64. The molecule has 1 aliphatic rings. The highest BCUT2D eigenvalue weighted by Crippen LogP contribution is 2.39. The molecular formula is C32H27BrN2O5. The number of anilines is 1.